The topological polar surface area (TPSA) is 77.0 Å². The van der Waals surface area contributed by atoms with Crippen molar-refractivity contribution in [1.82, 2.24) is 10.2 Å². The van der Waals surface area contributed by atoms with Gasteiger partial charge in [-0.25, -0.2) is 0 Å². The molecule has 3 aromatic heterocycles. The molecule has 126 valence electrons. The summed E-state index contributed by atoms with van der Waals surface area (Å²) in [4.78, 5) is 1.33. The minimum atomic E-state index is 0.247. The zero-order valence-corrected chi connectivity index (χ0v) is 14.6. The van der Waals surface area contributed by atoms with Crippen LogP contribution in [0, 0.1) is 12.8 Å². The molecule has 0 amide bonds. The third-order valence-electron chi connectivity index (χ3n) is 4.62. The lowest BCUT2D eigenvalue weighted by Gasteiger charge is -2.09. The molecular weight excluding hydrogens is 320 g/mol. The van der Waals surface area contributed by atoms with Crippen LogP contribution in [-0.2, 0) is 13.0 Å². The Balaban J connectivity index is 1.55. The van der Waals surface area contributed by atoms with Crippen LogP contribution < -0.4 is 11.1 Å². The summed E-state index contributed by atoms with van der Waals surface area (Å²) in [5.41, 5.74) is 9.55. The van der Waals surface area contributed by atoms with E-state index >= 15 is 0 Å². The van der Waals surface area contributed by atoms with Crippen molar-refractivity contribution in [3.8, 4) is 0 Å². The molecule has 0 aliphatic heterocycles. The van der Waals surface area contributed by atoms with Crippen LogP contribution in [0.5, 0.6) is 0 Å². The third kappa shape index (κ3) is 3.30. The van der Waals surface area contributed by atoms with E-state index in [4.69, 9.17) is 10.2 Å². The molecule has 1 fully saturated rings. The van der Waals surface area contributed by atoms with Gasteiger partial charge in [-0.05, 0) is 43.4 Å². The Bertz CT molecular complexity index is 823. The summed E-state index contributed by atoms with van der Waals surface area (Å²) in [5.74, 6) is 1.76. The summed E-state index contributed by atoms with van der Waals surface area (Å²) < 4.78 is 6.54. The number of aryl methyl sites for hydroxylation is 1. The van der Waals surface area contributed by atoms with Gasteiger partial charge in [0.05, 0.1) is 29.4 Å². The van der Waals surface area contributed by atoms with E-state index in [0.29, 0.717) is 6.54 Å². The van der Waals surface area contributed by atoms with Gasteiger partial charge in [-0.15, -0.1) is 16.4 Å². The number of furan rings is 1. The predicted octanol–water partition coefficient (Wildman–Crippen LogP) is 3.87. The summed E-state index contributed by atoms with van der Waals surface area (Å²) >= 11 is 1.79. The molecule has 24 heavy (non-hydrogen) atoms. The molecule has 0 bridgehead atoms. The van der Waals surface area contributed by atoms with Crippen molar-refractivity contribution in [2.75, 3.05) is 5.32 Å². The van der Waals surface area contributed by atoms with Gasteiger partial charge in [-0.3, -0.25) is 0 Å². The first-order valence-electron chi connectivity index (χ1n) is 8.46. The van der Waals surface area contributed by atoms with E-state index in [1.807, 2.05) is 12.1 Å². The number of nitrogens with two attached hydrogens (primary N) is 1. The van der Waals surface area contributed by atoms with E-state index in [9.17, 15) is 0 Å². The van der Waals surface area contributed by atoms with Crippen molar-refractivity contribution >= 4 is 27.2 Å². The minimum absolute atomic E-state index is 0.247. The highest BCUT2D eigenvalue weighted by Crippen LogP contribution is 2.37. The second-order valence-electron chi connectivity index (χ2n) is 6.66. The molecule has 1 aliphatic carbocycles. The lowest BCUT2D eigenvalue weighted by molar-refractivity contribution is 0.518. The Kier molecular flexibility index (Phi) is 4.24. The van der Waals surface area contributed by atoms with Crippen LogP contribution in [0.25, 0.3) is 10.2 Å². The van der Waals surface area contributed by atoms with E-state index < -0.39 is 0 Å². The van der Waals surface area contributed by atoms with Crippen LogP contribution in [0.2, 0.25) is 0 Å². The maximum Gasteiger partial charge on any atom is 0.122 e. The fraction of sp³-hybridized carbons (Fsp3) is 0.444. The highest BCUT2D eigenvalue weighted by molar-refractivity contribution is 7.19. The van der Waals surface area contributed by atoms with Crippen LogP contribution >= 0.6 is 11.3 Å². The molecule has 4 rings (SSSR count). The lowest BCUT2D eigenvalue weighted by Crippen LogP contribution is -2.23. The van der Waals surface area contributed by atoms with Gasteiger partial charge < -0.3 is 15.5 Å². The van der Waals surface area contributed by atoms with Gasteiger partial charge in [0.25, 0.3) is 0 Å². The van der Waals surface area contributed by atoms with Crippen molar-refractivity contribution in [2.24, 2.45) is 11.7 Å². The van der Waals surface area contributed by atoms with Gasteiger partial charge in [-0.2, -0.15) is 5.10 Å². The third-order valence-corrected chi connectivity index (χ3v) is 5.95. The zero-order valence-electron chi connectivity index (χ0n) is 13.8. The number of hydrogen-bond donors (Lipinski definition) is 2. The van der Waals surface area contributed by atoms with Gasteiger partial charge in [-0.1, -0.05) is 12.8 Å². The Morgan fingerprint density at radius 3 is 3.08 bits per heavy atom. The van der Waals surface area contributed by atoms with Crippen molar-refractivity contribution in [2.45, 2.75) is 45.2 Å². The van der Waals surface area contributed by atoms with Crippen molar-refractivity contribution < 1.29 is 4.42 Å². The summed E-state index contributed by atoms with van der Waals surface area (Å²) in [6.07, 6.45) is 8.25. The largest absolute Gasteiger partial charge is 0.467 e. The van der Waals surface area contributed by atoms with Crippen molar-refractivity contribution in [3.05, 3.63) is 40.8 Å². The molecule has 0 saturated heterocycles. The van der Waals surface area contributed by atoms with E-state index in [1.54, 1.807) is 23.8 Å². The number of nitrogens with zero attached hydrogens (tertiary/aromatic N) is 2. The molecule has 3 N–H and O–H groups in total. The molecule has 1 aliphatic rings. The predicted molar refractivity (Wildman–Crippen MR) is 97.2 cm³/mol. The zero-order chi connectivity index (χ0) is 16.5. The minimum Gasteiger partial charge on any atom is -0.467 e. The molecule has 1 saturated carbocycles. The van der Waals surface area contributed by atoms with E-state index in [1.165, 1.54) is 23.3 Å². The van der Waals surface area contributed by atoms with Gasteiger partial charge in [0, 0.05) is 10.9 Å². The molecule has 0 radical (unpaired) electrons. The molecule has 0 aromatic carbocycles. The monoisotopic (exact) mass is 342 g/mol. The molecule has 0 spiro atoms. The summed E-state index contributed by atoms with van der Waals surface area (Å²) in [7, 11) is 0. The molecule has 1 atom stereocenters. The molecule has 3 heterocycles. The number of rotatable bonds is 7. The van der Waals surface area contributed by atoms with Crippen LogP contribution in [0.3, 0.4) is 0 Å². The summed E-state index contributed by atoms with van der Waals surface area (Å²) in [5, 5.41) is 11.9. The van der Waals surface area contributed by atoms with Crippen molar-refractivity contribution in [1.29, 1.82) is 0 Å². The highest BCUT2D eigenvalue weighted by atomic mass is 32.1. The first-order valence-corrected chi connectivity index (χ1v) is 9.28. The van der Waals surface area contributed by atoms with E-state index in [0.717, 1.165) is 40.4 Å². The van der Waals surface area contributed by atoms with E-state index in [2.05, 4.69) is 22.4 Å². The number of aromatic nitrogens is 2. The van der Waals surface area contributed by atoms with Crippen molar-refractivity contribution in [3.63, 3.8) is 0 Å². The van der Waals surface area contributed by atoms with Crippen LogP contribution in [0.4, 0.5) is 5.69 Å². The van der Waals surface area contributed by atoms with Gasteiger partial charge in [0.1, 0.15) is 11.3 Å². The lowest BCUT2D eigenvalue weighted by atomic mass is 10.1. The van der Waals surface area contributed by atoms with Crippen LogP contribution in [0.15, 0.2) is 29.0 Å². The maximum atomic E-state index is 6.34. The SMILES string of the molecule is Cc1c(C[C@@H](N)CC2CC2)sc2c(NCc3ccco3)cnnc12. The first kappa shape index (κ1) is 15.6. The Morgan fingerprint density at radius 2 is 2.33 bits per heavy atom. The molecule has 3 aromatic rings. The fourth-order valence-corrected chi connectivity index (χ4v) is 4.39. The second-order valence-corrected chi connectivity index (χ2v) is 7.77. The van der Waals surface area contributed by atoms with Crippen LogP contribution in [0.1, 0.15) is 35.5 Å². The Hall–Kier alpha value is -1.92. The highest BCUT2D eigenvalue weighted by Gasteiger charge is 2.25. The molecular formula is C18H22N4OS. The number of nitrogens with one attached hydrogen (secondary N) is 1. The normalized spacial score (nSPS) is 15.8. The average molecular weight is 342 g/mol. The van der Waals surface area contributed by atoms with Crippen LogP contribution in [-0.4, -0.2) is 16.2 Å². The number of anilines is 1. The Morgan fingerprint density at radius 1 is 1.46 bits per heavy atom. The smallest absolute Gasteiger partial charge is 0.122 e. The number of hydrogen-bond acceptors (Lipinski definition) is 6. The second kappa shape index (κ2) is 6.53. The summed E-state index contributed by atoms with van der Waals surface area (Å²) in [6.45, 7) is 2.77. The number of fused-ring (bicyclic) bond motifs is 1. The molecule has 0 unspecified atom stereocenters. The maximum absolute atomic E-state index is 6.34. The van der Waals surface area contributed by atoms with Gasteiger partial charge in [0.15, 0.2) is 0 Å². The molecule has 5 nitrogen and oxygen atoms in total. The fourth-order valence-electron chi connectivity index (χ4n) is 3.08. The van der Waals surface area contributed by atoms with Gasteiger partial charge in [0.2, 0.25) is 0 Å². The molecule has 6 heteroatoms. The summed E-state index contributed by atoms with van der Waals surface area (Å²) in [6, 6.07) is 4.10. The van der Waals surface area contributed by atoms with Gasteiger partial charge >= 0.3 is 0 Å². The average Bonchev–Trinajstić information content (AvgIpc) is 3.11. The standard InChI is InChI=1S/C18H22N4OS/c1-11-16(8-13(19)7-12-4-5-12)24-18-15(10-21-22-17(11)18)20-9-14-3-2-6-23-14/h2-3,6,10,12-13H,4-5,7-9,19H2,1H3,(H,20,22)/t13-/m0/s1. The van der Waals surface area contributed by atoms with E-state index in [-0.39, 0.29) is 6.04 Å². The quantitative estimate of drug-likeness (QED) is 0.681. The Labute approximate surface area is 145 Å². The first-order chi connectivity index (χ1) is 11.7. The number of thiophene rings is 1.